The Morgan fingerprint density at radius 3 is 2.46 bits per heavy atom. The van der Waals surface area contributed by atoms with Crippen molar-refractivity contribution in [2.24, 2.45) is 5.73 Å². The van der Waals surface area contributed by atoms with E-state index in [0.717, 1.165) is 6.42 Å². The summed E-state index contributed by atoms with van der Waals surface area (Å²) < 4.78 is 0. The highest BCUT2D eigenvalue weighted by Crippen LogP contribution is 1.95. The Kier molecular flexibility index (Phi) is 5.88. The molecule has 0 rings (SSSR count). The highest BCUT2D eigenvalue weighted by molar-refractivity contribution is 5.86. The lowest BCUT2D eigenvalue weighted by Crippen LogP contribution is -2.45. The third kappa shape index (κ3) is 5.19. The summed E-state index contributed by atoms with van der Waals surface area (Å²) in [5.41, 5.74) is 5.30. The fraction of sp³-hybridized carbons (Fsp3) is 0.750. The van der Waals surface area contributed by atoms with Gasteiger partial charge in [-0.2, -0.15) is 0 Å². The molecule has 0 aliphatic carbocycles. The van der Waals surface area contributed by atoms with E-state index in [0.29, 0.717) is 13.0 Å². The van der Waals surface area contributed by atoms with Gasteiger partial charge in [0.2, 0.25) is 11.8 Å². The third-order valence-corrected chi connectivity index (χ3v) is 1.64. The quantitative estimate of drug-likeness (QED) is 0.515. The van der Waals surface area contributed by atoms with Crippen LogP contribution < -0.4 is 16.4 Å². The van der Waals surface area contributed by atoms with Crippen molar-refractivity contribution in [3.05, 3.63) is 0 Å². The smallest absolute Gasteiger partial charge is 0.242 e. The molecule has 0 aromatic heterocycles. The van der Waals surface area contributed by atoms with E-state index in [9.17, 15) is 9.59 Å². The van der Waals surface area contributed by atoms with Crippen LogP contribution in [-0.4, -0.2) is 31.4 Å². The molecular formula is C8H17N3O2. The molecule has 76 valence electrons. The van der Waals surface area contributed by atoms with Crippen molar-refractivity contribution >= 4 is 11.8 Å². The number of hydrogen-bond acceptors (Lipinski definition) is 3. The summed E-state index contributed by atoms with van der Waals surface area (Å²) in [6.07, 6.45) is 1.30. The number of rotatable bonds is 5. The van der Waals surface area contributed by atoms with E-state index >= 15 is 0 Å². The minimum Gasteiger partial charge on any atom is -0.357 e. The van der Waals surface area contributed by atoms with Crippen molar-refractivity contribution in [3.8, 4) is 0 Å². The normalized spacial score (nSPS) is 11.9. The molecule has 0 unspecified atom stereocenters. The number of nitrogens with one attached hydrogen (secondary N) is 2. The Bertz CT molecular complexity index is 182. The van der Waals surface area contributed by atoms with Crippen LogP contribution in [0.25, 0.3) is 0 Å². The van der Waals surface area contributed by atoms with Crippen molar-refractivity contribution in [3.63, 3.8) is 0 Å². The van der Waals surface area contributed by atoms with E-state index in [1.54, 1.807) is 7.05 Å². The van der Waals surface area contributed by atoms with Crippen LogP contribution in [0.15, 0.2) is 0 Å². The molecule has 0 saturated heterocycles. The highest BCUT2D eigenvalue weighted by atomic mass is 16.2. The van der Waals surface area contributed by atoms with Gasteiger partial charge in [0.1, 0.15) is 6.04 Å². The predicted octanol–water partition coefficient (Wildman–Crippen LogP) is -1.02. The second-order valence-electron chi connectivity index (χ2n) is 2.80. The second-order valence-corrected chi connectivity index (χ2v) is 2.80. The average molecular weight is 187 g/mol. The second kappa shape index (κ2) is 6.42. The number of hydrogen-bond donors (Lipinski definition) is 3. The molecular weight excluding hydrogens is 170 g/mol. The molecule has 5 nitrogen and oxygen atoms in total. The Hall–Kier alpha value is -1.10. The monoisotopic (exact) mass is 187 g/mol. The zero-order valence-electron chi connectivity index (χ0n) is 8.09. The summed E-state index contributed by atoms with van der Waals surface area (Å²) in [5, 5.41) is 5.04. The lowest BCUT2D eigenvalue weighted by molar-refractivity contribution is -0.127. The van der Waals surface area contributed by atoms with Crippen LogP contribution in [0.5, 0.6) is 0 Å². The Morgan fingerprint density at radius 1 is 1.46 bits per heavy atom. The first-order valence-electron chi connectivity index (χ1n) is 4.30. The van der Waals surface area contributed by atoms with E-state index in [2.05, 4.69) is 10.6 Å². The maximum Gasteiger partial charge on any atom is 0.242 e. The third-order valence-electron chi connectivity index (χ3n) is 1.64. The number of carbonyl (C=O) groups is 2. The van der Waals surface area contributed by atoms with Crippen LogP contribution in [0.4, 0.5) is 0 Å². The van der Waals surface area contributed by atoms with Gasteiger partial charge in [-0.3, -0.25) is 9.59 Å². The van der Waals surface area contributed by atoms with Gasteiger partial charge in [0.05, 0.1) is 0 Å². The first kappa shape index (κ1) is 11.9. The molecule has 0 bridgehead atoms. The van der Waals surface area contributed by atoms with Crippen molar-refractivity contribution < 1.29 is 9.59 Å². The van der Waals surface area contributed by atoms with Gasteiger partial charge in [-0.15, -0.1) is 0 Å². The molecule has 0 aromatic rings. The standard InChI is InChI=1S/C8H17N3O2/c1-6(12)11-7(4-3-5-9)8(13)10-2/h7H,3-5,9H2,1-2H3,(H,10,13)(H,11,12)/t7-/m0/s1. The summed E-state index contributed by atoms with van der Waals surface area (Å²) in [4.78, 5) is 21.9. The molecule has 5 heteroatoms. The topological polar surface area (TPSA) is 84.2 Å². The first-order chi connectivity index (χ1) is 6.11. The van der Waals surface area contributed by atoms with Crippen molar-refractivity contribution in [1.29, 1.82) is 0 Å². The van der Waals surface area contributed by atoms with Crippen LogP contribution >= 0.6 is 0 Å². The van der Waals surface area contributed by atoms with Crippen LogP contribution in [0.3, 0.4) is 0 Å². The summed E-state index contributed by atoms with van der Waals surface area (Å²) in [6, 6.07) is -0.453. The largest absolute Gasteiger partial charge is 0.357 e. The fourth-order valence-electron chi connectivity index (χ4n) is 1.01. The maximum atomic E-state index is 11.2. The number of nitrogens with two attached hydrogens (primary N) is 1. The fourth-order valence-corrected chi connectivity index (χ4v) is 1.01. The summed E-state index contributed by atoms with van der Waals surface area (Å²) in [5.74, 6) is -0.380. The Morgan fingerprint density at radius 2 is 2.08 bits per heavy atom. The van der Waals surface area contributed by atoms with Crippen LogP contribution in [0.1, 0.15) is 19.8 Å². The average Bonchev–Trinajstić information content (AvgIpc) is 2.10. The summed E-state index contributed by atoms with van der Waals surface area (Å²) in [6.45, 7) is 1.91. The minimum absolute atomic E-state index is 0.177. The molecule has 0 aliphatic rings. The van der Waals surface area contributed by atoms with Gasteiger partial charge in [0, 0.05) is 14.0 Å². The van der Waals surface area contributed by atoms with E-state index in [1.165, 1.54) is 6.92 Å². The molecule has 4 N–H and O–H groups in total. The van der Waals surface area contributed by atoms with E-state index in [1.807, 2.05) is 0 Å². The molecule has 0 aromatic carbocycles. The SMILES string of the molecule is CNC(=O)[C@H](CCCN)NC(C)=O. The molecule has 0 saturated carbocycles. The molecule has 0 radical (unpaired) electrons. The van der Waals surface area contributed by atoms with E-state index < -0.39 is 6.04 Å². The molecule has 1 atom stereocenters. The van der Waals surface area contributed by atoms with Gasteiger partial charge >= 0.3 is 0 Å². The lowest BCUT2D eigenvalue weighted by atomic mass is 10.1. The lowest BCUT2D eigenvalue weighted by Gasteiger charge is -2.15. The van der Waals surface area contributed by atoms with Gasteiger partial charge in [-0.25, -0.2) is 0 Å². The van der Waals surface area contributed by atoms with E-state index in [4.69, 9.17) is 5.73 Å². The Labute approximate surface area is 78.1 Å². The van der Waals surface area contributed by atoms with Gasteiger partial charge < -0.3 is 16.4 Å². The molecule has 0 fully saturated rings. The minimum atomic E-state index is -0.453. The maximum absolute atomic E-state index is 11.2. The molecule has 2 amide bonds. The van der Waals surface area contributed by atoms with Gasteiger partial charge in [-0.05, 0) is 19.4 Å². The molecule has 0 aliphatic heterocycles. The van der Waals surface area contributed by atoms with Gasteiger partial charge in [0.15, 0.2) is 0 Å². The van der Waals surface area contributed by atoms with Crippen molar-refractivity contribution in [2.45, 2.75) is 25.8 Å². The number of likely N-dealkylation sites (N-methyl/N-ethyl adjacent to an activating group) is 1. The first-order valence-corrected chi connectivity index (χ1v) is 4.30. The van der Waals surface area contributed by atoms with Gasteiger partial charge in [-0.1, -0.05) is 0 Å². The van der Waals surface area contributed by atoms with Crippen LogP contribution in [0, 0.1) is 0 Å². The molecule has 0 spiro atoms. The van der Waals surface area contributed by atoms with Crippen molar-refractivity contribution in [2.75, 3.05) is 13.6 Å². The van der Waals surface area contributed by atoms with Crippen molar-refractivity contribution in [1.82, 2.24) is 10.6 Å². The summed E-state index contributed by atoms with van der Waals surface area (Å²) >= 11 is 0. The number of carbonyl (C=O) groups excluding carboxylic acids is 2. The Balaban J connectivity index is 4.02. The predicted molar refractivity (Wildman–Crippen MR) is 50.0 cm³/mol. The van der Waals surface area contributed by atoms with Gasteiger partial charge in [0.25, 0.3) is 0 Å². The molecule has 0 heterocycles. The highest BCUT2D eigenvalue weighted by Gasteiger charge is 2.16. The zero-order valence-corrected chi connectivity index (χ0v) is 8.09. The zero-order chi connectivity index (χ0) is 10.3. The van der Waals surface area contributed by atoms with Crippen LogP contribution in [-0.2, 0) is 9.59 Å². The van der Waals surface area contributed by atoms with Crippen LogP contribution in [0.2, 0.25) is 0 Å². The number of amides is 2. The summed E-state index contributed by atoms with van der Waals surface area (Å²) in [7, 11) is 1.54. The molecule has 13 heavy (non-hydrogen) atoms. The van der Waals surface area contributed by atoms with E-state index in [-0.39, 0.29) is 11.8 Å².